The second-order valence-corrected chi connectivity index (χ2v) is 3.96. The summed E-state index contributed by atoms with van der Waals surface area (Å²) in [5.74, 6) is -1.10. The quantitative estimate of drug-likeness (QED) is 0.750. The lowest BCUT2D eigenvalue weighted by Gasteiger charge is -2.32. The summed E-state index contributed by atoms with van der Waals surface area (Å²) in [5.41, 5.74) is 0. The van der Waals surface area contributed by atoms with E-state index >= 15 is 0 Å². The van der Waals surface area contributed by atoms with Crippen LogP contribution in [0.2, 0.25) is 0 Å². The van der Waals surface area contributed by atoms with E-state index in [9.17, 15) is 18.0 Å². The van der Waals surface area contributed by atoms with Crippen LogP contribution in [0.3, 0.4) is 0 Å². The number of aliphatic hydroxyl groups is 1. The number of halogens is 3. The van der Waals surface area contributed by atoms with Gasteiger partial charge in [-0.1, -0.05) is 0 Å². The van der Waals surface area contributed by atoms with Crippen LogP contribution in [-0.2, 0) is 14.3 Å². The number of hydrogen-bond donors (Lipinski definition) is 2. The highest BCUT2D eigenvalue weighted by Gasteiger charge is 2.34. The zero-order valence-corrected chi connectivity index (χ0v) is 9.70. The minimum Gasteiger partial charge on any atom is -0.394 e. The third-order valence-corrected chi connectivity index (χ3v) is 2.42. The van der Waals surface area contributed by atoms with Gasteiger partial charge in [0.15, 0.2) is 0 Å². The molecule has 2 N–H and O–H groups in total. The summed E-state index contributed by atoms with van der Waals surface area (Å²) in [6, 6.07) is -0.611. The summed E-state index contributed by atoms with van der Waals surface area (Å²) < 4.78 is 46.3. The number of hydrogen-bond acceptors (Lipinski definition) is 4. The molecule has 1 heterocycles. The molecule has 0 aliphatic carbocycles. The van der Waals surface area contributed by atoms with Crippen LogP contribution in [0, 0.1) is 0 Å². The summed E-state index contributed by atoms with van der Waals surface area (Å²) in [5, 5.41) is 10.9. The van der Waals surface area contributed by atoms with Crippen LogP contribution in [0.15, 0.2) is 0 Å². The van der Waals surface area contributed by atoms with Crippen molar-refractivity contribution in [1.29, 1.82) is 0 Å². The summed E-state index contributed by atoms with van der Waals surface area (Å²) in [6.45, 7) is 0.429. The van der Waals surface area contributed by atoms with Gasteiger partial charge in [0.2, 0.25) is 5.91 Å². The third kappa shape index (κ3) is 5.65. The van der Waals surface area contributed by atoms with E-state index in [0.717, 1.165) is 0 Å². The van der Waals surface area contributed by atoms with Crippen molar-refractivity contribution in [3.8, 4) is 0 Å². The summed E-state index contributed by atoms with van der Waals surface area (Å²) in [7, 11) is 0. The number of aliphatic hydroxyl groups excluding tert-OH is 1. The molecule has 5 nitrogen and oxygen atoms in total. The second kappa shape index (κ2) is 6.91. The lowest BCUT2D eigenvalue weighted by atomic mass is 10.1. The molecule has 8 heteroatoms. The van der Waals surface area contributed by atoms with Crippen LogP contribution >= 0.6 is 0 Å². The molecule has 1 aliphatic heterocycles. The standard InChI is InChI=1S/C10H16F3NO4/c11-10(12,13)5-9(16)14-7-6-17-3-1-8(7)18-4-2-15/h7-8,15H,1-6H2,(H,14,16)/t7-,8+/m0/s1. The highest BCUT2D eigenvalue weighted by atomic mass is 19.4. The first kappa shape index (κ1) is 15.2. The first-order valence-corrected chi connectivity index (χ1v) is 5.58. The molecule has 0 spiro atoms. The van der Waals surface area contributed by atoms with Gasteiger partial charge >= 0.3 is 6.18 Å². The van der Waals surface area contributed by atoms with Gasteiger partial charge in [0, 0.05) is 6.61 Å². The van der Waals surface area contributed by atoms with Crippen molar-refractivity contribution in [3.05, 3.63) is 0 Å². The molecule has 0 aromatic rings. The molecule has 1 fully saturated rings. The van der Waals surface area contributed by atoms with Crippen LogP contribution < -0.4 is 5.32 Å². The van der Waals surface area contributed by atoms with Gasteiger partial charge in [-0.2, -0.15) is 13.2 Å². The molecular formula is C10H16F3NO4. The molecule has 1 saturated heterocycles. The lowest BCUT2D eigenvalue weighted by molar-refractivity contribution is -0.156. The number of alkyl halides is 3. The Morgan fingerprint density at radius 3 is 2.83 bits per heavy atom. The predicted molar refractivity (Wildman–Crippen MR) is 54.9 cm³/mol. The number of amides is 1. The normalized spacial score (nSPS) is 24.9. The first-order chi connectivity index (χ1) is 8.42. The van der Waals surface area contributed by atoms with Gasteiger partial charge in [-0.3, -0.25) is 4.79 Å². The Bertz CT molecular complexity index is 272. The molecule has 18 heavy (non-hydrogen) atoms. The van der Waals surface area contributed by atoms with E-state index in [1.807, 2.05) is 0 Å². The number of nitrogens with one attached hydrogen (secondary N) is 1. The second-order valence-electron chi connectivity index (χ2n) is 3.96. The Balaban J connectivity index is 2.43. The molecule has 0 unspecified atom stereocenters. The Hall–Kier alpha value is -0.860. The molecule has 1 aliphatic rings. The predicted octanol–water partition coefficient (Wildman–Crippen LogP) is 0.221. The van der Waals surface area contributed by atoms with E-state index in [0.29, 0.717) is 13.0 Å². The first-order valence-electron chi connectivity index (χ1n) is 5.58. The van der Waals surface area contributed by atoms with Crippen molar-refractivity contribution in [2.75, 3.05) is 26.4 Å². The van der Waals surface area contributed by atoms with E-state index in [4.69, 9.17) is 14.6 Å². The SMILES string of the molecule is O=C(CC(F)(F)F)N[C@H]1COCC[C@H]1OCCO. The number of ether oxygens (including phenoxy) is 2. The topological polar surface area (TPSA) is 67.8 Å². The number of rotatable bonds is 5. The van der Waals surface area contributed by atoms with E-state index in [1.165, 1.54) is 0 Å². The number of carbonyl (C=O) groups excluding carboxylic acids is 1. The molecule has 0 saturated carbocycles. The molecule has 1 amide bonds. The van der Waals surface area contributed by atoms with Gasteiger partial charge in [0.05, 0.1) is 32.0 Å². The van der Waals surface area contributed by atoms with E-state index in [1.54, 1.807) is 0 Å². The Labute approximate surface area is 102 Å². The van der Waals surface area contributed by atoms with Crippen molar-refractivity contribution in [1.82, 2.24) is 5.32 Å². The minimum atomic E-state index is -4.53. The fourth-order valence-corrected chi connectivity index (χ4v) is 1.70. The molecule has 0 radical (unpaired) electrons. The van der Waals surface area contributed by atoms with Crippen LogP contribution in [0.4, 0.5) is 13.2 Å². The molecule has 1 rings (SSSR count). The van der Waals surface area contributed by atoms with Crippen LogP contribution in [-0.4, -0.2) is 55.8 Å². The third-order valence-electron chi connectivity index (χ3n) is 2.42. The summed E-state index contributed by atoms with van der Waals surface area (Å²) >= 11 is 0. The molecular weight excluding hydrogens is 255 g/mol. The summed E-state index contributed by atoms with van der Waals surface area (Å²) in [6.07, 6.45) is -6.00. The van der Waals surface area contributed by atoms with Gasteiger partial charge in [0.1, 0.15) is 6.42 Å². The minimum absolute atomic E-state index is 0.0797. The van der Waals surface area contributed by atoms with Gasteiger partial charge in [-0.25, -0.2) is 0 Å². The molecule has 2 atom stereocenters. The summed E-state index contributed by atoms with van der Waals surface area (Å²) in [4.78, 5) is 11.2. The maximum absolute atomic E-state index is 12.0. The monoisotopic (exact) mass is 271 g/mol. The van der Waals surface area contributed by atoms with E-state index < -0.39 is 30.7 Å². The molecule has 0 aromatic carbocycles. The van der Waals surface area contributed by atoms with Gasteiger partial charge in [0.25, 0.3) is 0 Å². The van der Waals surface area contributed by atoms with Crippen molar-refractivity contribution in [3.63, 3.8) is 0 Å². The fourth-order valence-electron chi connectivity index (χ4n) is 1.70. The average Bonchev–Trinajstić information content (AvgIpc) is 2.25. The fraction of sp³-hybridized carbons (Fsp3) is 0.900. The van der Waals surface area contributed by atoms with Crippen LogP contribution in [0.1, 0.15) is 12.8 Å². The highest BCUT2D eigenvalue weighted by Crippen LogP contribution is 2.20. The lowest BCUT2D eigenvalue weighted by Crippen LogP contribution is -2.51. The maximum Gasteiger partial charge on any atom is 0.397 e. The van der Waals surface area contributed by atoms with Crippen LogP contribution in [0.5, 0.6) is 0 Å². The highest BCUT2D eigenvalue weighted by molar-refractivity contribution is 5.77. The molecule has 106 valence electrons. The smallest absolute Gasteiger partial charge is 0.394 e. The molecule has 0 aromatic heterocycles. The average molecular weight is 271 g/mol. The van der Waals surface area contributed by atoms with E-state index in [-0.39, 0.29) is 19.8 Å². The van der Waals surface area contributed by atoms with Crippen molar-refractivity contribution >= 4 is 5.91 Å². The van der Waals surface area contributed by atoms with E-state index in [2.05, 4.69) is 5.32 Å². The van der Waals surface area contributed by atoms with Crippen molar-refractivity contribution in [2.24, 2.45) is 0 Å². The van der Waals surface area contributed by atoms with Gasteiger partial charge in [-0.15, -0.1) is 0 Å². The maximum atomic E-state index is 12.0. The Kier molecular flexibility index (Phi) is 5.83. The molecule has 0 bridgehead atoms. The van der Waals surface area contributed by atoms with Crippen molar-refractivity contribution < 1.29 is 32.5 Å². The Morgan fingerprint density at radius 1 is 1.50 bits per heavy atom. The van der Waals surface area contributed by atoms with Crippen molar-refractivity contribution in [2.45, 2.75) is 31.2 Å². The number of carbonyl (C=O) groups is 1. The zero-order valence-electron chi connectivity index (χ0n) is 9.70. The largest absolute Gasteiger partial charge is 0.397 e. The van der Waals surface area contributed by atoms with Gasteiger partial charge < -0.3 is 19.9 Å². The Morgan fingerprint density at radius 2 is 2.22 bits per heavy atom. The zero-order chi connectivity index (χ0) is 13.6. The van der Waals surface area contributed by atoms with Crippen LogP contribution in [0.25, 0.3) is 0 Å². The van der Waals surface area contributed by atoms with Gasteiger partial charge in [-0.05, 0) is 6.42 Å².